The van der Waals surface area contributed by atoms with Gasteiger partial charge in [0.25, 0.3) is 0 Å². The molecular weight excluding hydrogens is 240 g/mol. The van der Waals surface area contributed by atoms with Crippen LogP contribution >= 0.6 is 0 Å². The van der Waals surface area contributed by atoms with Crippen LogP contribution in [0, 0.1) is 0 Å². The Balaban J connectivity index is 2.77. The van der Waals surface area contributed by atoms with E-state index in [1.54, 1.807) is 6.33 Å². The molecule has 0 aliphatic carbocycles. The molecule has 5 nitrogen and oxygen atoms in total. The van der Waals surface area contributed by atoms with E-state index < -0.39 is 0 Å². The highest BCUT2D eigenvalue weighted by Gasteiger charge is 2.14. The van der Waals surface area contributed by atoms with E-state index in [0.29, 0.717) is 12.5 Å². The van der Waals surface area contributed by atoms with Gasteiger partial charge in [0.1, 0.15) is 18.0 Å². The Morgan fingerprint density at radius 3 is 2.26 bits per heavy atom. The summed E-state index contributed by atoms with van der Waals surface area (Å²) < 4.78 is 5.33. The summed E-state index contributed by atoms with van der Waals surface area (Å²) in [7, 11) is 0. The van der Waals surface area contributed by atoms with Crippen molar-refractivity contribution in [2.24, 2.45) is 0 Å². The van der Waals surface area contributed by atoms with E-state index in [1.165, 1.54) is 0 Å². The Labute approximate surface area is 116 Å². The van der Waals surface area contributed by atoms with Gasteiger partial charge in [-0.25, -0.2) is 9.97 Å². The highest BCUT2D eigenvalue weighted by Crippen LogP contribution is 2.28. The molecule has 0 saturated carbocycles. The van der Waals surface area contributed by atoms with E-state index in [4.69, 9.17) is 4.74 Å². The monoisotopic (exact) mass is 266 g/mol. The number of rotatable bonds is 9. The fraction of sp³-hybridized carbons (Fsp3) is 0.714. The van der Waals surface area contributed by atoms with Gasteiger partial charge in [-0.3, -0.25) is 0 Å². The molecule has 1 rings (SSSR count). The molecule has 1 heterocycles. The molecule has 0 saturated heterocycles. The molecular formula is C14H26N4O. The Kier molecular flexibility index (Phi) is 7.18. The molecule has 2 N–H and O–H groups in total. The molecule has 0 aromatic carbocycles. The van der Waals surface area contributed by atoms with Crippen molar-refractivity contribution in [3.05, 3.63) is 11.9 Å². The van der Waals surface area contributed by atoms with Gasteiger partial charge in [0.05, 0.1) is 6.61 Å². The molecule has 1 aromatic rings. The van der Waals surface area contributed by atoms with E-state index >= 15 is 0 Å². The third kappa shape index (κ3) is 5.03. The second kappa shape index (κ2) is 8.69. The molecule has 0 fully saturated rings. The predicted molar refractivity (Wildman–Crippen MR) is 79.9 cm³/mol. The van der Waals surface area contributed by atoms with Gasteiger partial charge in [-0.1, -0.05) is 20.8 Å². The van der Waals surface area contributed by atoms with Crippen LogP contribution in [0.5, 0.6) is 0 Å². The van der Waals surface area contributed by atoms with E-state index in [-0.39, 0.29) is 0 Å². The van der Waals surface area contributed by atoms with Gasteiger partial charge < -0.3 is 15.4 Å². The van der Waals surface area contributed by atoms with Crippen LogP contribution < -0.4 is 10.6 Å². The minimum absolute atomic E-state index is 0.371. The Morgan fingerprint density at radius 2 is 1.74 bits per heavy atom. The molecule has 1 aromatic heterocycles. The van der Waals surface area contributed by atoms with Crippen molar-refractivity contribution in [2.45, 2.75) is 40.0 Å². The lowest BCUT2D eigenvalue weighted by Gasteiger charge is -2.17. The predicted octanol–water partition coefficient (Wildman–Crippen LogP) is 2.87. The molecule has 108 valence electrons. The molecule has 0 bridgehead atoms. The third-order valence-corrected chi connectivity index (χ3v) is 2.75. The Morgan fingerprint density at radius 1 is 1.11 bits per heavy atom. The molecule has 0 aliphatic rings. The number of hydrogen-bond acceptors (Lipinski definition) is 5. The second-order valence-corrected chi connectivity index (χ2v) is 4.69. The molecule has 0 spiro atoms. The first kappa shape index (κ1) is 15.7. The summed E-state index contributed by atoms with van der Waals surface area (Å²) in [6, 6.07) is 0. The van der Waals surface area contributed by atoms with E-state index in [0.717, 1.165) is 43.3 Å². The first-order valence-corrected chi connectivity index (χ1v) is 7.11. The lowest BCUT2D eigenvalue weighted by molar-refractivity contribution is 0.158. The summed E-state index contributed by atoms with van der Waals surface area (Å²) in [5.41, 5.74) is 1.15. The Hall–Kier alpha value is -1.36. The number of hydrogen-bond donors (Lipinski definition) is 2. The van der Waals surface area contributed by atoms with Crippen LogP contribution in [0.4, 0.5) is 11.6 Å². The van der Waals surface area contributed by atoms with Gasteiger partial charge in [0.2, 0.25) is 0 Å². The lowest BCUT2D eigenvalue weighted by atomic mass is 10.0. The zero-order chi connectivity index (χ0) is 14.1. The van der Waals surface area contributed by atoms with Crippen molar-refractivity contribution >= 4 is 11.6 Å². The summed E-state index contributed by atoms with van der Waals surface area (Å²) in [6.07, 6.45) is 2.68. The lowest BCUT2D eigenvalue weighted by Crippen LogP contribution is -2.15. The van der Waals surface area contributed by atoms with Crippen LogP contribution in [-0.4, -0.2) is 36.3 Å². The topological polar surface area (TPSA) is 59.1 Å². The largest absolute Gasteiger partial charge is 0.380 e. The molecule has 0 radical (unpaired) electrons. The maximum absolute atomic E-state index is 5.33. The van der Waals surface area contributed by atoms with Crippen LogP contribution in [-0.2, 0) is 4.74 Å². The highest BCUT2D eigenvalue weighted by molar-refractivity contribution is 5.58. The summed E-state index contributed by atoms with van der Waals surface area (Å²) in [5, 5.41) is 6.69. The fourth-order valence-electron chi connectivity index (χ4n) is 1.85. The number of ether oxygens (including phenoxy) is 1. The standard InChI is InChI=1S/C14H26N4O/c1-5-7-15-13-12(11(3)4)14(18-10-17-13)16-8-9-19-6-2/h10-11H,5-9H2,1-4H3,(H2,15,16,17,18). The average molecular weight is 266 g/mol. The van der Waals surface area contributed by atoms with Crippen molar-refractivity contribution in [2.75, 3.05) is 36.9 Å². The number of nitrogens with zero attached hydrogens (tertiary/aromatic N) is 2. The van der Waals surface area contributed by atoms with Crippen molar-refractivity contribution in [1.82, 2.24) is 9.97 Å². The molecule has 0 amide bonds. The minimum Gasteiger partial charge on any atom is -0.380 e. The van der Waals surface area contributed by atoms with Crippen LogP contribution in [0.3, 0.4) is 0 Å². The summed E-state index contributed by atoms with van der Waals surface area (Å²) >= 11 is 0. The van der Waals surface area contributed by atoms with Gasteiger partial charge in [-0.15, -0.1) is 0 Å². The van der Waals surface area contributed by atoms with Crippen molar-refractivity contribution in [3.63, 3.8) is 0 Å². The van der Waals surface area contributed by atoms with Crippen LogP contribution in [0.15, 0.2) is 6.33 Å². The molecule has 0 aliphatic heterocycles. The van der Waals surface area contributed by atoms with Gasteiger partial charge in [0.15, 0.2) is 0 Å². The first-order valence-electron chi connectivity index (χ1n) is 7.11. The zero-order valence-corrected chi connectivity index (χ0v) is 12.5. The number of aromatic nitrogens is 2. The molecule has 0 unspecified atom stereocenters. The Bertz CT molecular complexity index is 368. The highest BCUT2D eigenvalue weighted by atomic mass is 16.5. The van der Waals surface area contributed by atoms with E-state index in [2.05, 4.69) is 41.4 Å². The first-order chi connectivity index (χ1) is 9.20. The van der Waals surface area contributed by atoms with Gasteiger partial charge in [-0.2, -0.15) is 0 Å². The maximum Gasteiger partial charge on any atom is 0.135 e. The van der Waals surface area contributed by atoms with Crippen molar-refractivity contribution < 1.29 is 4.74 Å². The molecule has 5 heteroatoms. The van der Waals surface area contributed by atoms with Crippen LogP contribution in [0.2, 0.25) is 0 Å². The van der Waals surface area contributed by atoms with E-state index in [1.807, 2.05) is 6.92 Å². The van der Waals surface area contributed by atoms with Crippen LogP contribution in [0.25, 0.3) is 0 Å². The van der Waals surface area contributed by atoms with Gasteiger partial charge in [0, 0.05) is 25.3 Å². The summed E-state index contributed by atoms with van der Waals surface area (Å²) in [6.45, 7) is 11.6. The third-order valence-electron chi connectivity index (χ3n) is 2.75. The number of nitrogens with one attached hydrogen (secondary N) is 2. The quantitative estimate of drug-likeness (QED) is 0.673. The SMILES string of the molecule is CCCNc1ncnc(NCCOCC)c1C(C)C. The van der Waals surface area contributed by atoms with Gasteiger partial charge in [-0.05, 0) is 19.3 Å². The van der Waals surface area contributed by atoms with Crippen LogP contribution in [0.1, 0.15) is 45.6 Å². The van der Waals surface area contributed by atoms with Crippen molar-refractivity contribution in [3.8, 4) is 0 Å². The number of anilines is 2. The smallest absolute Gasteiger partial charge is 0.135 e. The van der Waals surface area contributed by atoms with E-state index in [9.17, 15) is 0 Å². The second-order valence-electron chi connectivity index (χ2n) is 4.69. The normalized spacial score (nSPS) is 10.8. The summed E-state index contributed by atoms with van der Waals surface area (Å²) in [4.78, 5) is 8.70. The van der Waals surface area contributed by atoms with Crippen molar-refractivity contribution in [1.29, 1.82) is 0 Å². The summed E-state index contributed by atoms with van der Waals surface area (Å²) in [5.74, 6) is 2.21. The maximum atomic E-state index is 5.33. The average Bonchev–Trinajstić information content (AvgIpc) is 2.41. The molecule has 19 heavy (non-hydrogen) atoms. The minimum atomic E-state index is 0.371. The van der Waals surface area contributed by atoms with Gasteiger partial charge >= 0.3 is 0 Å². The zero-order valence-electron chi connectivity index (χ0n) is 12.5. The molecule has 0 atom stereocenters. The fourth-order valence-corrected chi connectivity index (χ4v) is 1.85.